The number of imide groups is 1. The van der Waals surface area contributed by atoms with Crippen LogP contribution in [0, 0.1) is 0 Å². The Labute approximate surface area is 185 Å². The van der Waals surface area contributed by atoms with E-state index in [0.717, 1.165) is 4.90 Å². The van der Waals surface area contributed by atoms with Gasteiger partial charge in [0.05, 0.1) is 18.3 Å². The predicted octanol–water partition coefficient (Wildman–Crippen LogP) is 2.73. The molecule has 0 saturated carbocycles. The van der Waals surface area contributed by atoms with Crippen LogP contribution in [-0.2, 0) is 9.59 Å². The highest BCUT2D eigenvalue weighted by Crippen LogP contribution is 2.35. The van der Waals surface area contributed by atoms with E-state index < -0.39 is 24.5 Å². The largest absolute Gasteiger partial charge is 0.546 e. The van der Waals surface area contributed by atoms with Crippen molar-refractivity contribution < 1.29 is 29.0 Å². The zero-order chi connectivity index (χ0) is 21.8. The van der Waals surface area contributed by atoms with Crippen molar-refractivity contribution >= 4 is 57.2 Å². The minimum absolute atomic E-state index is 0.0477. The number of hydrogen-bond donors (Lipinski definition) is 1. The van der Waals surface area contributed by atoms with Crippen LogP contribution in [0.15, 0.2) is 46.6 Å². The number of benzene rings is 2. The SMILES string of the molecule is CCOc1cc(/C=C2\NC(=O)N(c3cccc(Cl)c3)C2=O)c(Br)cc1OCC(=O)[O-]. The maximum atomic E-state index is 12.8. The molecule has 8 nitrogen and oxygen atoms in total. The number of aliphatic carboxylic acids is 1. The summed E-state index contributed by atoms with van der Waals surface area (Å²) in [6.45, 7) is 1.42. The second-order valence-corrected chi connectivity index (χ2v) is 7.31. The summed E-state index contributed by atoms with van der Waals surface area (Å²) in [6.07, 6.45) is 1.47. The van der Waals surface area contributed by atoms with Gasteiger partial charge in [0.25, 0.3) is 5.91 Å². The monoisotopic (exact) mass is 493 g/mol. The Morgan fingerprint density at radius 2 is 1.97 bits per heavy atom. The molecule has 0 unspecified atom stereocenters. The van der Waals surface area contributed by atoms with Gasteiger partial charge in [0.15, 0.2) is 11.5 Å². The quantitative estimate of drug-likeness (QED) is 0.468. The fourth-order valence-corrected chi connectivity index (χ4v) is 3.34. The van der Waals surface area contributed by atoms with E-state index in [0.29, 0.717) is 27.4 Å². The van der Waals surface area contributed by atoms with Crippen molar-refractivity contribution in [2.75, 3.05) is 18.1 Å². The van der Waals surface area contributed by atoms with Crippen molar-refractivity contribution in [2.24, 2.45) is 0 Å². The Hall–Kier alpha value is -3.04. The van der Waals surface area contributed by atoms with Gasteiger partial charge in [0.2, 0.25) is 0 Å². The third kappa shape index (κ3) is 4.74. The molecule has 0 atom stereocenters. The summed E-state index contributed by atoms with van der Waals surface area (Å²) in [5, 5.41) is 13.6. The Bertz CT molecular complexity index is 1060. The van der Waals surface area contributed by atoms with Gasteiger partial charge in [-0.15, -0.1) is 0 Å². The van der Waals surface area contributed by atoms with Crippen molar-refractivity contribution in [3.8, 4) is 11.5 Å². The molecule has 1 aliphatic heterocycles. The lowest BCUT2D eigenvalue weighted by Gasteiger charge is -2.14. The van der Waals surface area contributed by atoms with Crippen LogP contribution in [-0.4, -0.2) is 31.1 Å². The summed E-state index contributed by atoms with van der Waals surface area (Å²) in [5.74, 6) is -1.46. The van der Waals surface area contributed by atoms with Gasteiger partial charge in [0.1, 0.15) is 12.3 Å². The third-order valence-corrected chi connectivity index (χ3v) is 4.87. The molecule has 2 aromatic rings. The van der Waals surface area contributed by atoms with Gasteiger partial charge in [-0.2, -0.15) is 0 Å². The first kappa shape index (κ1) is 21.7. The maximum absolute atomic E-state index is 12.8. The van der Waals surface area contributed by atoms with Crippen molar-refractivity contribution in [1.29, 1.82) is 0 Å². The molecule has 0 radical (unpaired) electrons. The lowest BCUT2D eigenvalue weighted by molar-refractivity contribution is -0.307. The normalized spacial score (nSPS) is 14.8. The highest BCUT2D eigenvalue weighted by Gasteiger charge is 2.35. The lowest BCUT2D eigenvalue weighted by atomic mass is 10.1. The van der Waals surface area contributed by atoms with E-state index in [1.165, 1.54) is 18.2 Å². The Morgan fingerprint density at radius 1 is 1.23 bits per heavy atom. The van der Waals surface area contributed by atoms with E-state index in [1.807, 2.05) is 0 Å². The molecular weight excluding hydrogens is 480 g/mol. The lowest BCUT2D eigenvalue weighted by Crippen LogP contribution is -2.30. The Morgan fingerprint density at radius 3 is 2.63 bits per heavy atom. The number of amides is 3. The van der Waals surface area contributed by atoms with Crippen molar-refractivity contribution in [1.82, 2.24) is 5.32 Å². The molecule has 0 bridgehead atoms. The summed E-state index contributed by atoms with van der Waals surface area (Å²) in [7, 11) is 0. The average Bonchev–Trinajstić information content (AvgIpc) is 2.96. The van der Waals surface area contributed by atoms with Crippen LogP contribution in [0.1, 0.15) is 12.5 Å². The van der Waals surface area contributed by atoms with E-state index in [2.05, 4.69) is 21.2 Å². The zero-order valence-corrected chi connectivity index (χ0v) is 18.0. The molecule has 30 heavy (non-hydrogen) atoms. The number of urea groups is 1. The second kappa shape index (κ2) is 9.19. The number of nitrogens with zero attached hydrogens (tertiary/aromatic N) is 1. The molecule has 1 aliphatic rings. The van der Waals surface area contributed by atoms with Gasteiger partial charge in [-0.05, 0) is 48.9 Å². The molecule has 10 heteroatoms. The van der Waals surface area contributed by atoms with E-state index >= 15 is 0 Å². The Balaban J connectivity index is 1.94. The van der Waals surface area contributed by atoms with E-state index in [-0.39, 0.29) is 17.2 Å². The van der Waals surface area contributed by atoms with Gasteiger partial charge in [-0.1, -0.05) is 33.6 Å². The number of nitrogens with one attached hydrogen (secondary N) is 1. The highest BCUT2D eigenvalue weighted by atomic mass is 79.9. The number of anilines is 1. The second-order valence-electron chi connectivity index (χ2n) is 6.02. The topological polar surface area (TPSA) is 108 Å². The highest BCUT2D eigenvalue weighted by molar-refractivity contribution is 9.10. The van der Waals surface area contributed by atoms with Gasteiger partial charge < -0.3 is 24.7 Å². The van der Waals surface area contributed by atoms with Crippen LogP contribution >= 0.6 is 27.5 Å². The van der Waals surface area contributed by atoms with Crippen LogP contribution in [0.3, 0.4) is 0 Å². The summed E-state index contributed by atoms with van der Waals surface area (Å²) in [6, 6.07) is 8.84. The number of carboxylic acids is 1. The van der Waals surface area contributed by atoms with Crippen molar-refractivity contribution in [2.45, 2.75) is 6.92 Å². The van der Waals surface area contributed by atoms with Gasteiger partial charge in [-0.3, -0.25) is 4.79 Å². The molecule has 3 rings (SSSR count). The molecule has 1 saturated heterocycles. The molecule has 1 N–H and O–H groups in total. The molecule has 156 valence electrons. The number of carbonyl (C=O) groups is 3. The van der Waals surface area contributed by atoms with Crippen LogP contribution in [0.2, 0.25) is 5.02 Å². The van der Waals surface area contributed by atoms with Gasteiger partial charge in [-0.25, -0.2) is 9.69 Å². The number of hydrogen-bond acceptors (Lipinski definition) is 6. The van der Waals surface area contributed by atoms with Crippen LogP contribution in [0.5, 0.6) is 11.5 Å². The maximum Gasteiger partial charge on any atom is 0.333 e. The first-order chi connectivity index (χ1) is 14.3. The molecule has 1 heterocycles. The summed E-state index contributed by atoms with van der Waals surface area (Å²) >= 11 is 9.31. The van der Waals surface area contributed by atoms with Crippen LogP contribution in [0.4, 0.5) is 10.5 Å². The van der Waals surface area contributed by atoms with Crippen LogP contribution in [0.25, 0.3) is 6.08 Å². The van der Waals surface area contributed by atoms with Crippen molar-refractivity contribution in [3.05, 3.63) is 57.2 Å². The Kier molecular flexibility index (Phi) is 6.63. The average molecular weight is 495 g/mol. The number of carbonyl (C=O) groups excluding carboxylic acids is 3. The molecule has 0 aromatic heterocycles. The predicted molar refractivity (Wildman–Crippen MR) is 111 cm³/mol. The summed E-state index contributed by atoms with van der Waals surface area (Å²) < 4.78 is 11.2. The van der Waals surface area contributed by atoms with Gasteiger partial charge >= 0.3 is 6.03 Å². The molecule has 0 spiro atoms. The molecule has 3 amide bonds. The molecule has 1 fully saturated rings. The molecule has 2 aromatic carbocycles. The third-order valence-electron chi connectivity index (χ3n) is 3.95. The van der Waals surface area contributed by atoms with E-state index in [1.54, 1.807) is 31.2 Å². The fourth-order valence-electron chi connectivity index (χ4n) is 2.72. The minimum Gasteiger partial charge on any atom is -0.546 e. The van der Waals surface area contributed by atoms with Gasteiger partial charge in [0, 0.05) is 9.50 Å². The number of halogens is 2. The summed E-state index contributed by atoms with van der Waals surface area (Å²) in [5.41, 5.74) is 0.899. The standard InChI is InChI=1S/C20H16BrClN2O6/c1-2-29-16-7-11(14(21)9-17(16)30-10-18(25)26)6-15-19(27)24(20(28)23-15)13-5-3-4-12(22)8-13/h3-9H,2,10H2,1H3,(H,23,28)(H,25,26)/p-1/b15-6-. The van der Waals surface area contributed by atoms with E-state index in [4.69, 9.17) is 21.1 Å². The molecular formula is C20H15BrClN2O6-. The minimum atomic E-state index is -1.37. The number of carboxylic acid groups (broad SMARTS) is 1. The first-order valence-corrected chi connectivity index (χ1v) is 9.89. The van der Waals surface area contributed by atoms with Crippen LogP contribution < -0.4 is 24.8 Å². The number of ether oxygens (including phenoxy) is 2. The number of rotatable bonds is 7. The first-order valence-electron chi connectivity index (χ1n) is 8.71. The zero-order valence-electron chi connectivity index (χ0n) is 15.6. The van der Waals surface area contributed by atoms with E-state index in [9.17, 15) is 19.5 Å². The van der Waals surface area contributed by atoms with Crippen molar-refractivity contribution in [3.63, 3.8) is 0 Å². The molecule has 0 aliphatic carbocycles. The fraction of sp³-hybridized carbons (Fsp3) is 0.150. The summed E-state index contributed by atoms with van der Waals surface area (Å²) in [4.78, 5) is 36.8. The smallest absolute Gasteiger partial charge is 0.333 e.